The number of unbranched alkanes of at least 4 members (excludes halogenated alkanes) is 3. The lowest BCUT2D eigenvalue weighted by atomic mass is 10.1. The SMILES string of the molecule is CCOC(=O)CCCCCCNC(=NC)N(C)Cc1ccc(F)cc1.I. The number of aliphatic imine (C=N–C) groups is 1. The number of carbonyl (C=O) groups excluding carboxylic acids is 1. The Kier molecular flexibility index (Phi) is 14.0. The molecule has 0 fully saturated rings. The largest absolute Gasteiger partial charge is 0.466 e. The van der Waals surface area contributed by atoms with E-state index in [1.807, 2.05) is 18.9 Å². The summed E-state index contributed by atoms with van der Waals surface area (Å²) in [5.74, 6) is 0.483. The van der Waals surface area contributed by atoms with Gasteiger partial charge < -0.3 is 15.0 Å². The predicted molar refractivity (Wildman–Crippen MR) is 114 cm³/mol. The smallest absolute Gasteiger partial charge is 0.305 e. The summed E-state index contributed by atoms with van der Waals surface area (Å²) in [6, 6.07) is 6.50. The minimum absolute atomic E-state index is 0. The van der Waals surface area contributed by atoms with Crippen molar-refractivity contribution in [2.24, 2.45) is 4.99 Å². The van der Waals surface area contributed by atoms with Crippen LogP contribution in [-0.4, -0.2) is 44.1 Å². The van der Waals surface area contributed by atoms with Gasteiger partial charge in [-0.2, -0.15) is 0 Å². The van der Waals surface area contributed by atoms with Crippen LogP contribution in [0.3, 0.4) is 0 Å². The monoisotopic (exact) mass is 479 g/mol. The molecule has 1 N–H and O–H groups in total. The van der Waals surface area contributed by atoms with Gasteiger partial charge in [0.05, 0.1) is 6.61 Å². The van der Waals surface area contributed by atoms with E-state index in [0.717, 1.165) is 43.8 Å². The third-order valence-electron chi connectivity index (χ3n) is 3.80. The molecular weight excluding hydrogens is 448 g/mol. The molecule has 0 bridgehead atoms. The van der Waals surface area contributed by atoms with Crippen molar-refractivity contribution in [2.75, 3.05) is 27.2 Å². The second kappa shape index (κ2) is 14.8. The van der Waals surface area contributed by atoms with Gasteiger partial charge in [0.1, 0.15) is 5.82 Å². The molecule has 7 heteroatoms. The van der Waals surface area contributed by atoms with Gasteiger partial charge in [-0.15, -0.1) is 24.0 Å². The summed E-state index contributed by atoms with van der Waals surface area (Å²) in [7, 11) is 3.71. The topological polar surface area (TPSA) is 53.9 Å². The first-order valence-electron chi connectivity index (χ1n) is 8.88. The van der Waals surface area contributed by atoms with Crippen LogP contribution in [0.15, 0.2) is 29.3 Å². The lowest BCUT2D eigenvalue weighted by Crippen LogP contribution is -2.38. The Bertz CT molecular complexity index is 538. The molecule has 0 aliphatic heterocycles. The second-order valence-corrected chi connectivity index (χ2v) is 5.93. The van der Waals surface area contributed by atoms with E-state index in [1.54, 1.807) is 19.2 Å². The van der Waals surface area contributed by atoms with Gasteiger partial charge in [0.15, 0.2) is 5.96 Å². The van der Waals surface area contributed by atoms with Crippen molar-refractivity contribution in [3.63, 3.8) is 0 Å². The van der Waals surface area contributed by atoms with Crippen molar-refractivity contribution in [2.45, 2.75) is 45.6 Å². The quantitative estimate of drug-likeness (QED) is 0.182. The molecule has 0 atom stereocenters. The molecule has 0 saturated carbocycles. The van der Waals surface area contributed by atoms with Gasteiger partial charge in [0.25, 0.3) is 0 Å². The highest BCUT2D eigenvalue weighted by molar-refractivity contribution is 14.0. The predicted octanol–water partition coefficient (Wildman–Crippen LogP) is 3.96. The lowest BCUT2D eigenvalue weighted by Gasteiger charge is -2.22. The summed E-state index contributed by atoms with van der Waals surface area (Å²) >= 11 is 0. The van der Waals surface area contributed by atoms with Gasteiger partial charge in [-0.3, -0.25) is 9.79 Å². The molecule has 5 nitrogen and oxygen atoms in total. The van der Waals surface area contributed by atoms with Crippen LogP contribution in [0.4, 0.5) is 4.39 Å². The van der Waals surface area contributed by atoms with Crippen LogP contribution in [0.2, 0.25) is 0 Å². The van der Waals surface area contributed by atoms with E-state index in [9.17, 15) is 9.18 Å². The number of esters is 1. The molecule has 0 radical (unpaired) electrons. The van der Waals surface area contributed by atoms with Crippen LogP contribution in [0.25, 0.3) is 0 Å². The molecule has 0 amide bonds. The Morgan fingerprint density at radius 1 is 1.19 bits per heavy atom. The molecule has 1 rings (SSSR count). The van der Waals surface area contributed by atoms with Crippen LogP contribution < -0.4 is 5.32 Å². The number of nitrogens with zero attached hydrogens (tertiary/aromatic N) is 2. The highest BCUT2D eigenvalue weighted by Crippen LogP contribution is 2.06. The van der Waals surface area contributed by atoms with Gasteiger partial charge in [-0.1, -0.05) is 25.0 Å². The number of rotatable bonds is 10. The van der Waals surface area contributed by atoms with Crippen LogP contribution in [0, 0.1) is 5.82 Å². The number of guanidine groups is 1. The van der Waals surface area contributed by atoms with Crippen molar-refractivity contribution < 1.29 is 13.9 Å². The van der Waals surface area contributed by atoms with E-state index in [1.165, 1.54) is 12.1 Å². The molecule has 0 aromatic heterocycles. The first-order valence-corrected chi connectivity index (χ1v) is 8.88. The molecule has 0 aliphatic rings. The molecule has 0 saturated heterocycles. The summed E-state index contributed by atoms with van der Waals surface area (Å²) in [6.45, 7) is 3.77. The fraction of sp³-hybridized carbons (Fsp3) is 0.579. The number of hydrogen-bond acceptors (Lipinski definition) is 3. The molecule has 0 spiro atoms. The zero-order chi connectivity index (χ0) is 18.5. The summed E-state index contributed by atoms with van der Waals surface area (Å²) < 4.78 is 17.9. The van der Waals surface area contributed by atoms with Gasteiger partial charge in [0.2, 0.25) is 0 Å². The van der Waals surface area contributed by atoms with E-state index in [4.69, 9.17) is 4.74 Å². The first-order chi connectivity index (χ1) is 12.1. The molecule has 1 aromatic carbocycles. The van der Waals surface area contributed by atoms with Gasteiger partial charge >= 0.3 is 5.97 Å². The Labute approximate surface area is 173 Å². The standard InChI is InChI=1S/C19H30FN3O2.HI/c1-4-25-18(24)9-7-5-6-8-14-22-19(21-2)23(3)15-16-10-12-17(20)13-11-16;/h10-13H,4-9,14-15H2,1-3H3,(H,21,22);1H. The number of hydrogen-bond donors (Lipinski definition) is 1. The van der Waals surface area contributed by atoms with Gasteiger partial charge in [-0.25, -0.2) is 4.39 Å². The van der Waals surface area contributed by atoms with Gasteiger partial charge in [0, 0.05) is 33.6 Å². The third-order valence-corrected chi connectivity index (χ3v) is 3.80. The van der Waals surface area contributed by atoms with E-state index < -0.39 is 0 Å². The van der Waals surface area contributed by atoms with E-state index in [0.29, 0.717) is 19.6 Å². The first kappa shape index (κ1) is 24.6. The zero-order valence-electron chi connectivity index (χ0n) is 16.0. The number of benzene rings is 1. The average molecular weight is 479 g/mol. The van der Waals surface area contributed by atoms with E-state index >= 15 is 0 Å². The maximum atomic E-state index is 13.0. The van der Waals surface area contributed by atoms with E-state index in [2.05, 4.69) is 10.3 Å². The van der Waals surface area contributed by atoms with Gasteiger partial charge in [-0.05, 0) is 37.5 Å². The van der Waals surface area contributed by atoms with Crippen molar-refractivity contribution in [1.82, 2.24) is 10.2 Å². The van der Waals surface area contributed by atoms with Crippen molar-refractivity contribution in [3.05, 3.63) is 35.6 Å². The summed E-state index contributed by atoms with van der Waals surface area (Å²) in [5, 5.41) is 3.33. The third kappa shape index (κ3) is 10.6. The summed E-state index contributed by atoms with van der Waals surface area (Å²) in [5.41, 5.74) is 1.03. The second-order valence-electron chi connectivity index (χ2n) is 5.93. The van der Waals surface area contributed by atoms with Crippen LogP contribution in [-0.2, 0) is 16.1 Å². The molecule has 0 unspecified atom stereocenters. The fourth-order valence-corrected chi connectivity index (χ4v) is 2.50. The van der Waals surface area contributed by atoms with Crippen molar-refractivity contribution in [3.8, 4) is 0 Å². The molecule has 1 aromatic rings. The van der Waals surface area contributed by atoms with E-state index in [-0.39, 0.29) is 35.8 Å². The molecule has 0 aliphatic carbocycles. The van der Waals surface area contributed by atoms with Crippen molar-refractivity contribution >= 4 is 35.9 Å². The Hall–Kier alpha value is -1.38. The summed E-state index contributed by atoms with van der Waals surface area (Å²) in [4.78, 5) is 17.5. The average Bonchev–Trinajstić information content (AvgIpc) is 2.59. The minimum atomic E-state index is -0.225. The highest BCUT2D eigenvalue weighted by Gasteiger charge is 2.06. The minimum Gasteiger partial charge on any atom is -0.466 e. The van der Waals surface area contributed by atoms with Crippen LogP contribution in [0.1, 0.15) is 44.6 Å². The number of ether oxygens (including phenoxy) is 1. The molecule has 0 heterocycles. The molecule has 148 valence electrons. The molecular formula is C19H31FIN3O2. The van der Waals surface area contributed by atoms with Crippen molar-refractivity contribution in [1.29, 1.82) is 0 Å². The Morgan fingerprint density at radius 2 is 1.85 bits per heavy atom. The number of halogens is 2. The number of carbonyl (C=O) groups is 1. The summed E-state index contributed by atoms with van der Waals surface area (Å²) in [6.07, 6.45) is 4.48. The normalized spacial score (nSPS) is 10.8. The molecule has 26 heavy (non-hydrogen) atoms. The number of nitrogens with one attached hydrogen (secondary N) is 1. The zero-order valence-corrected chi connectivity index (χ0v) is 18.3. The Balaban J connectivity index is 0.00000625. The highest BCUT2D eigenvalue weighted by atomic mass is 127. The maximum Gasteiger partial charge on any atom is 0.305 e. The van der Waals surface area contributed by atoms with Crippen LogP contribution in [0.5, 0.6) is 0 Å². The lowest BCUT2D eigenvalue weighted by molar-refractivity contribution is -0.143. The Morgan fingerprint density at radius 3 is 2.46 bits per heavy atom. The maximum absolute atomic E-state index is 13.0. The fourth-order valence-electron chi connectivity index (χ4n) is 2.50. The van der Waals surface area contributed by atoms with Crippen LogP contribution >= 0.6 is 24.0 Å².